The fourth-order valence-corrected chi connectivity index (χ4v) is 3.49. The molecular formula is C21H28N4O3. The molecule has 0 aliphatic carbocycles. The quantitative estimate of drug-likeness (QED) is 0.709. The summed E-state index contributed by atoms with van der Waals surface area (Å²) in [6, 6.07) is 9.85. The van der Waals surface area contributed by atoms with E-state index in [0.29, 0.717) is 31.2 Å². The van der Waals surface area contributed by atoms with Crippen molar-refractivity contribution in [2.24, 2.45) is 0 Å². The van der Waals surface area contributed by atoms with Gasteiger partial charge in [-0.1, -0.05) is 30.3 Å². The third-order valence-corrected chi connectivity index (χ3v) is 4.94. The Morgan fingerprint density at radius 2 is 2.04 bits per heavy atom. The van der Waals surface area contributed by atoms with E-state index in [1.807, 2.05) is 34.9 Å². The Hall–Kier alpha value is -2.67. The van der Waals surface area contributed by atoms with Crippen LogP contribution in [0.2, 0.25) is 0 Å². The molecule has 7 nitrogen and oxygen atoms in total. The normalized spacial score (nSPS) is 13.1. The molecule has 3 rings (SSSR count). The van der Waals surface area contributed by atoms with E-state index in [4.69, 9.17) is 4.74 Å². The van der Waals surface area contributed by atoms with Crippen LogP contribution in [-0.2, 0) is 24.2 Å². The smallest absolute Gasteiger partial charge is 0.287 e. The van der Waals surface area contributed by atoms with Crippen molar-refractivity contribution in [2.45, 2.75) is 38.8 Å². The molecule has 150 valence electrons. The molecule has 2 aromatic rings. The molecule has 0 radical (unpaired) electrons. The molecule has 0 unspecified atom stereocenters. The van der Waals surface area contributed by atoms with Crippen LogP contribution in [0.5, 0.6) is 0 Å². The van der Waals surface area contributed by atoms with E-state index in [9.17, 15) is 9.59 Å². The lowest BCUT2D eigenvalue weighted by Crippen LogP contribution is -2.29. The van der Waals surface area contributed by atoms with Crippen molar-refractivity contribution in [3.8, 4) is 0 Å². The molecule has 0 bridgehead atoms. The van der Waals surface area contributed by atoms with E-state index >= 15 is 0 Å². The Kier molecular flexibility index (Phi) is 6.81. The highest BCUT2D eigenvalue weighted by atomic mass is 16.5. The number of carbonyl (C=O) groups is 2. The SMILES string of the molecule is COCCCNC(=O)c1nc(C(=O)N(C)Cc2ccccc2)c2n1CCCC2. The molecule has 0 spiro atoms. The third-order valence-electron chi connectivity index (χ3n) is 4.94. The number of imidazole rings is 1. The number of hydrogen-bond donors (Lipinski definition) is 1. The van der Waals surface area contributed by atoms with Crippen LogP contribution in [0.3, 0.4) is 0 Å². The molecule has 2 amide bonds. The molecule has 7 heteroatoms. The highest BCUT2D eigenvalue weighted by molar-refractivity contribution is 5.97. The lowest BCUT2D eigenvalue weighted by molar-refractivity contribution is 0.0778. The number of hydrogen-bond acceptors (Lipinski definition) is 4. The van der Waals surface area contributed by atoms with Crippen LogP contribution in [-0.4, -0.2) is 53.6 Å². The van der Waals surface area contributed by atoms with Crippen LogP contribution in [0.15, 0.2) is 30.3 Å². The number of amides is 2. The summed E-state index contributed by atoms with van der Waals surface area (Å²) < 4.78 is 6.92. The molecule has 1 aromatic heterocycles. The van der Waals surface area contributed by atoms with Gasteiger partial charge in [-0.25, -0.2) is 4.98 Å². The van der Waals surface area contributed by atoms with Crippen molar-refractivity contribution in [3.05, 3.63) is 53.1 Å². The topological polar surface area (TPSA) is 76.5 Å². The minimum atomic E-state index is -0.232. The van der Waals surface area contributed by atoms with Gasteiger partial charge in [0.05, 0.1) is 5.69 Å². The van der Waals surface area contributed by atoms with E-state index in [0.717, 1.165) is 43.5 Å². The summed E-state index contributed by atoms with van der Waals surface area (Å²) in [7, 11) is 3.41. The summed E-state index contributed by atoms with van der Waals surface area (Å²) in [4.78, 5) is 31.8. The zero-order valence-electron chi connectivity index (χ0n) is 16.6. The second-order valence-electron chi connectivity index (χ2n) is 7.09. The van der Waals surface area contributed by atoms with Gasteiger partial charge in [0.1, 0.15) is 5.69 Å². The first-order chi connectivity index (χ1) is 13.6. The Balaban J connectivity index is 1.78. The van der Waals surface area contributed by atoms with Crippen molar-refractivity contribution in [1.29, 1.82) is 0 Å². The van der Waals surface area contributed by atoms with Crippen LogP contribution in [0, 0.1) is 0 Å². The molecule has 1 aromatic carbocycles. The van der Waals surface area contributed by atoms with Gasteiger partial charge in [0.25, 0.3) is 11.8 Å². The second-order valence-corrected chi connectivity index (χ2v) is 7.09. The molecular weight excluding hydrogens is 356 g/mol. The van der Waals surface area contributed by atoms with E-state index in [-0.39, 0.29) is 11.8 Å². The van der Waals surface area contributed by atoms with Crippen LogP contribution < -0.4 is 5.32 Å². The lowest BCUT2D eigenvalue weighted by atomic mass is 10.1. The van der Waals surface area contributed by atoms with E-state index < -0.39 is 0 Å². The third kappa shape index (κ3) is 4.59. The molecule has 0 atom stereocenters. The summed E-state index contributed by atoms with van der Waals surface area (Å²) in [5, 5.41) is 2.88. The van der Waals surface area contributed by atoms with Crippen molar-refractivity contribution in [1.82, 2.24) is 19.8 Å². The maximum absolute atomic E-state index is 13.1. The van der Waals surface area contributed by atoms with Gasteiger partial charge < -0.3 is 19.5 Å². The molecule has 1 N–H and O–H groups in total. The minimum absolute atomic E-state index is 0.145. The van der Waals surface area contributed by atoms with Crippen molar-refractivity contribution < 1.29 is 14.3 Å². The second kappa shape index (κ2) is 9.50. The van der Waals surface area contributed by atoms with Crippen LogP contribution in [0.4, 0.5) is 0 Å². The largest absolute Gasteiger partial charge is 0.385 e. The molecule has 1 aliphatic rings. The molecule has 28 heavy (non-hydrogen) atoms. The van der Waals surface area contributed by atoms with Crippen LogP contribution in [0.25, 0.3) is 0 Å². The zero-order chi connectivity index (χ0) is 19.9. The number of methoxy groups -OCH3 is 1. The first kappa shape index (κ1) is 20.1. The van der Waals surface area contributed by atoms with Gasteiger partial charge in [-0.3, -0.25) is 9.59 Å². The molecule has 0 fully saturated rings. The van der Waals surface area contributed by atoms with E-state index in [2.05, 4.69) is 10.3 Å². The van der Waals surface area contributed by atoms with Gasteiger partial charge in [0.2, 0.25) is 0 Å². The predicted molar refractivity (Wildman–Crippen MR) is 106 cm³/mol. The van der Waals surface area contributed by atoms with Gasteiger partial charge in [-0.2, -0.15) is 0 Å². The first-order valence-corrected chi connectivity index (χ1v) is 9.77. The van der Waals surface area contributed by atoms with Gasteiger partial charge in [0, 0.05) is 40.4 Å². The fraction of sp³-hybridized carbons (Fsp3) is 0.476. The van der Waals surface area contributed by atoms with Crippen molar-refractivity contribution >= 4 is 11.8 Å². The Labute approximate surface area is 165 Å². The summed E-state index contributed by atoms with van der Waals surface area (Å²) in [6.07, 6.45) is 3.50. The van der Waals surface area contributed by atoms with E-state index in [1.165, 1.54) is 0 Å². The Morgan fingerprint density at radius 3 is 2.79 bits per heavy atom. The van der Waals surface area contributed by atoms with Crippen LogP contribution >= 0.6 is 0 Å². The molecule has 1 aliphatic heterocycles. The zero-order valence-corrected chi connectivity index (χ0v) is 16.6. The predicted octanol–water partition coefficient (Wildman–Crippen LogP) is 2.26. The number of nitrogens with one attached hydrogen (secondary N) is 1. The van der Waals surface area contributed by atoms with Crippen LogP contribution in [0.1, 0.15) is 51.6 Å². The van der Waals surface area contributed by atoms with Gasteiger partial charge in [-0.05, 0) is 31.2 Å². The monoisotopic (exact) mass is 384 g/mol. The van der Waals surface area contributed by atoms with Crippen molar-refractivity contribution in [2.75, 3.05) is 27.3 Å². The number of fused-ring (bicyclic) bond motifs is 1. The fourth-order valence-electron chi connectivity index (χ4n) is 3.49. The van der Waals surface area contributed by atoms with Gasteiger partial charge in [-0.15, -0.1) is 0 Å². The van der Waals surface area contributed by atoms with Gasteiger partial charge in [0.15, 0.2) is 5.82 Å². The number of rotatable bonds is 8. The number of aromatic nitrogens is 2. The van der Waals surface area contributed by atoms with E-state index in [1.54, 1.807) is 19.1 Å². The number of nitrogens with zero attached hydrogens (tertiary/aromatic N) is 3. The molecule has 0 saturated carbocycles. The lowest BCUT2D eigenvalue weighted by Gasteiger charge is -2.19. The highest BCUT2D eigenvalue weighted by Gasteiger charge is 2.28. The number of ether oxygens (including phenoxy) is 1. The summed E-state index contributed by atoms with van der Waals surface area (Å²) in [5.74, 6) is -0.0412. The summed E-state index contributed by atoms with van der Waals surface area (Å²) >= 11 is 0. The standard InChI is InChI=1S/C21H28N4O3/c1-24(15-16-9-4-3-5-10-16)21(27)18-17-11-6-7-13-25(17)19(23-18)20(26)22-12-8-14-28-2/h3-5,9-10H,6-8,11-15H2,1-2H3,(H,22,26). The molecule has 0 saturated heterocycles. The van der Waals surface area contributed by atoms with Crippen molar-refractivity contribution in [3.63, 3.8) is 0 Å². The highest BCUT2D eigenvalue weighted by Crippen LogP contribution is 2.22. The Bertz CT molecular complexity index is 817. The maximum atomic E-state index is 13.1. The average molecular weight is 384 g/mol. The Morgan fingerprint density at radius 1 is 1.25 bits per heavy atom. The minimum Gasteiger partial charge on any atom is -0.385 e. The number of benzene rings is 1. The summed E-state index contributed by atoms with van der Waals surface area (Å²) in [6.45, 7) is 2.34. The first-order valence-electron chi connectivity index (χ1n) is 9.77. The average Bonchev–Trinajstić information content (AvgIpc) is 3.11. The molecule has 2 heterocycles. The summed E-state index contributed by atoms with van der Waals surface area (Å²) in [5.41, 5.74) is 2.33. The number of carbonyl (C=O) groups excluding carboxylic acids is 2. The van der Waals surface area contributed by atoms with Gasteiger partial charge >= 0.3 is 0 Å². The maximum Gasteiger partial charge on any atom is 0.287 e.